The van der Waals surface area contributed by atoms with Crippen LogP contribution in [0, 0.1) is 3.57 Å². The van der Waals surface area contributed by atoms with Gasteiger partial charge in [-0.05, 0) is 34.7 Å². The monoisotopic (exact) mass is 319 g/mol. The van der Waals surface area contributed by atoms with Crippen LogP contribution in [0.2, 0.25) is 0 Å². The van der Waals surface area contributed by atoms with Crippen molar-refractivity contribution in [2.45, 2.75) is 13.3 Å². The summed E-state index contributed by atoms with van der Waals surface area (Å²) in [5.41, 5.74) is 5.33. The minimum atomic E-state index is -0.915. The van der Waals surface area contributed by atoms with Crippen LogP contribution in [0.15, 0.2) is 18.2 Å². The Morgan fingerprint density at radius 3 is 2.67 bits per heavy atom. The lowest BCUT2D eigenvalue weighted by molar-refractivity contribution is 0.0985. The van der Waals surface area contributed by atoms with Crippen molar-refractivity contribution in [3.63, 3.8) is 0 Å². The van der Waals surface area contributed by atoms with E-state index in [1.165, 1.54) is 0 Å². The minimum absolute atomic E-state index is 0.0729. The van der Waals surface area contributed by atoms with Gasteiger partial charge in [-0.1, -0.05) is 13.0 Å². The molecule has 0 spiro atoms. The van der Waals surface area contributed by atoms with Crippen LogP contribution in [0.1, 0.15) is 23.7 Å². The van der Waals surface area contributed by atoms with Gasteiger partial charge in [0.1, 0.15) is 5.75 Å². The van der Waals surface area contributed by atoms with Crippen LogP contribution in [0.25, 0.3) is 0 Å². The molecule has 0 saturated heterocycles. The Morgan fingerprint density at radius 1 is 1.47 bits per heavy atom. The van der Waals surface area contributed by atoms with E-state index in [1.807, 2.05) is 22.6 Å². The number of hydrogen-bond acceptors (Lipinski definition) is 3. The lowest BCUT2D eigenvalue weighted by Crippen LogP contribution is -2.18. The zero-order valence-electron chi connectivity index (χ0n) is 8.12. The molecule has 4 nitrogen and oxygen atoms in total. The fourth-order valence-corrected chi connectivity index (χ4v) is 1.92. The molecular weight excluding hydrogens is 309 g/mol. The van der Waals surface area contributed by atoms with Gasteiger partial charge in [-0.25, -0.2) is 4.79 Å². The molecule has 0 unspecified atom stereocenters. The molecule has 0 aromatic heterocycles. The molecule has 0 fully saturated rings. The van der Waals surface area contributed by atoms with Crippen LogP contribution in [-0.4, -0.2) is 11.9 Å². The number of Topliss-reactive ketones (excluding diaryl/α,β-unsaturated/α-hetero) is 1. The number of ether oxygens (including phenoxy) is 1. The van der Waals surface area contributed by atoms with Gasteiger partial charge in [-0.2, -0.15) is 0 Å². The second kappa shape index (κ2) is 5.11. The summed E-state index contributed by atoms with van der Waals surface area (Å²) in [7, 11) is 0. The summed E-state index contributed by atoms with van der Waals surface area (Å²) in [6.45, 7) is 1.75. The zero-order chi connectivity index (χ0) is 11.4. The maximum Gasteiger partial charge on any atom is 0.409 e. The number of carbonyl (C=O) groups excluding carboxylic acids is 2. The molecule has 0 aliphatic rings. The van der Waals surface area contributed by atoms with Gasteiger partial charge in [0.05, 0.1) is 5.56 Å². The number of primary amides is 1. The highest BCUT2D eigenvalue weighted by molar-refractivity contribution is 14.1. The first-order valence-corrected chi connectivity index (χ1v) is 5.43. The zero-order valence-corrected chi connectivity index (χ0v) is 10.3. The third-order valence-corrected chi connectivity index (χ3v) is 2.68. The molecule has 1 rings (SSSR count). The Kier molecular flexibility index (Phi) is 4.07. The van der Waals surface area contributed by atoms with Crippen molar-refractivity contribution in [1.29, 1.82) is 0 Å². The van der Waals surface area contributed by atoms with Gasteiger partial charge in [0.2, 0.25) is 0 Å². The molecule has 80 valence electrons. The van der Waals surface area contributed by atoms with Crippen LogP contribution >= 0.6 is 22.6 Å². The second-order valence-corrected chi connectivity index (χ2v) is 3.97. The first kappa shape index (κ1) is 12.0. The van der Waals surface area contributed by atoms with E-state index >= 15 is 0 Å². The predicted octanol–water partition coefficient (Wildman–Crippen LogP) is 2.34. The summed E-state index contributed by atoms with van der Waals surface area (Å²) in [4.78, 5) is 22.2. The first-order valence-electron chi connectivity index (χ1n) is 4.35. The third-order valence-electron chi connectivity index (χ3n) is 1.79. The lowest BCUT2D eigenvalue weighted by atomic mass is 10.1. The first-order chi connectivity index (χ1) is 7.06. The Balaban J connectivity index is 3.20. The van der Waals surface area contributed by atoms with E-state index < -0.39 is 6.09 Å². The van der Waals surface area contributed by atoms with Gasteiger partial charge in [-0.3, -0.25) is 4.79 Å². The van der Waals surface area contributed by atoms with E-state index in [4.69, 9.17) is 10.5 Å². The molecule has 0 radical (unpaired) electrons. The Hall–Kier alpha value is -1.11. The van der Waals surface area contributed by atoms with E-state index in [-0.39, 0.29) is 11.5 Å². The fraction of sp³-hybridized carbons (Fsp3) is 0.200. The molecule has 0 aliphatic heterocycles. The van der Waals surface area contributed by atoms with Crippen molar-refractivity contribution in [2.75, 3.05) is 0 Å². The molecule has 0 atom stereocenters. The molecule has 15 heavy (non-hydrogen) atoms. The normalized spacial score (nSPS) is 9.73. The number of ketones is 1. The molecular formula is C10H10INO3. The predicted molar refractivity (Wildman–Crippen MR) is 64.0 cm³/mol. The van der Waals surface area contributed by atoms with Crippen LogP contribution in [0.3, 0.4) is 0 Å². The van der Waals surface area contributed by atoms with Crippen molar-refractivity contribution in [3.8, 4) is 5.75 Å². The SMILES string of the molecule is CCC(=O)c1c(I)cccc1OC(N)=O. The van der Waals surface area contributed by atoms with E-state index in [0.29, 0.717) is 12.0 Å². The van der Waals surface area contributed by atoms with Crippen LogP contribution in [0.5, 0.6) is 5.75 Å². The molecule has 0 aliphatic carbocycles. The summed E-state index contributed by atoms with van der Waals surface area (Å²) in [6, 6.07) is 5.03. The highest BCUT2D eigenvalue weighted by atomic mass is 127. The maximum atomic E-state index is 11.6. The quantitative estimate of drug-likeness (QED) is 0.687. The number of rotatable bonds is 3. The Labute approximate surface area is 101 Å². The number of nitrogens with two attached hydrogens (primary N) is 1. The molecule has 1 amide bonds. The summed E-state index contributed by atoms with van der Waals surface area (Å²) in [6.07, 6.45) is -0.558. The van der Waals surface area contributed by atoms with E-state index in [2.05, 4.69) is 0 Å². The molecule has 5 heteroatoms. The smallest absolute Gasteiger partial charge is 0.409 e. The van der Waals surface area contributed by atoms with Gasteiger partial charge in [-0.15, -0.1) is 0 Å². The van der Waals surface area contributed by atoms with E-state index in [9.17, 15) is 9.59 Å². The van der Waals surface area contributed by atoms with Crippen molar-refractivity contribution < 1.29 is 14.3 Å². The molecule has 1 aromatic rings. The van der Waals surface area contributed by atoms with Crippen LogP contribution < -0.4 is 10.5 Å². The van der Waals surface area contributed by atoms with Crippen molar-refractivity contribution in [1.82, 2.24) is 0 Å². The van der Waals surface area contributed by atoms with E-state index in [0.717, 1.165) is 3.57 Å². The number of hydrogen-bond donors (Lipinski definition) is 1. The largest absolute Gasteiger partial charge is 0.410 e. The van der Waals surface area contributed by atoms with Gasteiger partial charge in [0.25, 0.3) is 0 Å². The van der Waals surface area contributed by atoms with Crippen LogP contribution in [-0.2, 0) is 0 Å². The standard InChI is InChI=1S/C10H10INO3/c1-2-7(13)9-6(11)4-3-5-8(9)15-10(12)14/h3-5H,2H2,1H3,(H2,12,14). The second-order valence-electron chi connectivity index (χ2n) is 2.81. The summed E-state index contributed by atoms with van der Waals surface area (Å²) in [5.74, 6) is 0.150. The van der Waals surface area contributed by atoms with Crippen LogP contribution in [0.4, 0.5) is 4.79 Å². The fourth-order valence-electron chi connectivity index (χ4n) is 1.15. The number of benzene rings is 1. The van der Waals surface area contributed by atoms with Crippen molar-refractivity contribution in [2.24, 2.45) is 5.73 Å². The lowest BCUT2D eigenvalue weighted by Gasteiger charge is -2.08. The van der Waals surface area contributed by atoms with Gasteiger partial charge in [0, 0.05) is 9.99 Å². The number of halogens is 1. The van der Waals surface area contributed by atoms with Gasteiger partial charge < -0.3 is 10.5 Å². The molecule has 0 saturated carbocycles. The molecule has 0 bridgehead atoms. The Bertz CT molecular complexity index is 404. The van der Waals surface area contributed by atoms with Gasteiger partial charge in [0.15, 0.2) is 5.78 Å². The summed E-state index contributed by atoms with van der Waals surface area (Å²) < 4.78 is 5.51. The topological polar surface area (TPSA) is 69.4 Å². The molecule has 2 N–H and O–H groups in total. The molecule has 1 aromatic carbocycles. The van der Waals surface area contributed by atoms with Crippen molar-refractivity contribution in [3.05, 3.63) is 27.3 Å². The van der Waals surface area contributed by atoms with Gasteiger partial charge >= 0.3 is 6.09 Å². The molecule has 0 heterocycles. The highest BCUT2D eigenvalue weighted by Gasteiger charge is 2.15. The highest BCUT2D eigenvalue weighted by Crippen LogP contribution is 2.25. The average Bonchev–Trinajstić information content (AvgIpc) is 2.16. The summed E-state index contributed by atoms with van der Waals surface area (Å²) in [5, 5.41) is 0. The third kappa shape index (κ3) is 2.92. The maximum absolute atomic E-state index is 11.6. The minimum Gasteiger partial charge on any atom is -0.410 e. The number of amides is 1. The Morgan fingerprint density at radius 2 is 2.13 bits per heavy atom. The summed E-state index contributed by atoms with van der Waals surface area (Å²) >= 11 is 2.02. The number of carbonyl (C=O) groups is 2. The van der Waals surface area contributed by atoms with E-state index in [1.54, 1.807) is 25.1 Å². The van der Waals surface area contributed by atoms with Crippen molar-refractivity contribution >= 4 is 34.5 Å². The average molecular weight is 319 g/mol.